The van der Waals surface area contributed by atoms with Crippen molar-refractivity contribution in [2.45, 2.75) is 39.0 Å². The van der Waals surface area contributed by atoms with Gasteiger partial charge in [0.2, 0.25) is 0 Å². The number of hydrogen-bond donors (Lipinski definition) is 1. The van der Waals surface area contributed by atoms with E-state index < -0.39 is 0 Å². The normalized spacial score (nSPS) is 16.8. The van der Waals surface area contributed by atoms with Crippen molar-refractivity contribution >= 4 is 5.69 Å². The zero-order valence-electron chi connectivity index (χ0n) is 10.7. The summed E-state index contributed by atoms with van der Waals surface area (Å²) in [4.78, 5) is 0. The standard InChI is InChI=1S/C15H23NO/c1-2-16-14-8-10-15(11-9-14)17-12-13-6-4-3-5-7-13/h8-11,13,16H,2-7,12H2,1H3. The Bertz CT molecular complexity index is 314. The van der Waals surface area contributed by atoms with Gasteiger partial charge in [0.1, 0.15) is 5.75 Å². The van der Waals surface area contributed by atoms with Crippen LogP contribution in [-0.4, -0.2) is 13.2 Å². The first-order valence-corrected chi connectivity index (χ1v) is 6.85. The van der Waals surface area contributed by atoms with Crippen LogP contribution in [0.1, 0.15) is 39.0 Å². The maximum absolute atomic E-state index is 5.85. The first-order valence-electron chi connectivity index (χ1n) is 6.85. The van der Waals surface area contributed by atoms with Gasteiger partial charge in [0.05, 0.1) is 6.61 Å². The van der Waals surface area contributed by atoms with E-state index in [-0.39, 0.29) is 0 Å². The van der Waals surface area contributed by atoms with Crippen LogP contribution in [0.5, 0.6) is 5.75 Å². The fourth-order valence-corrected chi connectivity index (χ4v) is 2.44. The fourth-order valence-electron chi connectivity index (χ4n) is 2.44. The van der Waals surface area contributed by atoms with Crippen LogP contribution in [-0.2, 0) is 0 Å². The molecule has 0 atom stereocenters. The number of hydrogen-bond acceptors (Lipinski definition) is 2. The summed E-state index contributed by atoms with van der Waals surface area (Å²) >= 11 is 0. The molecule has 1 saturated carbocycles. The van der Waals surface area contributed by atoms with Gasteiger partial charge in [-0.15, -0.1) is 0 Å². The van der Waals surface area contributed by atoms with Crippen LogP contribution in [0.4, 0.5) is 5.69 Å². The molecule has 1 fully saturated rings. The summed E-state index contributed by atoms with van der Waals surface area (Å²) in [7, 11) is 0. The number of rotatable bonds is 5. The zero-order chi connectivity index (χ0) is 11.9. The summed E-state index contributed by atoms with van der Waals surface area (Å²) in [6, 6.07) is 8.28. The monoisotopic (exact) mass is 233 g/mol. The lowest BCUT2D eigenvalue weighted by Gasteiger charge is -2.21. The van der Waals surface area contributed by atoms with Crippen LogP contribution in [0.2, 0.25) is 0 Å². The maximum atomic E-state index is 5.85. The van der Waals surface area contributed by atoms with Gasteiger partial charge in [-0.1, -0.05) is 19.3 Å². The van der Waals surface area contributed by atoms with E-state index in [2.05, 4.69) is 36.5 Å². The second-order valence-electron chi connectivity index (χ2n) is 4.87. The Hall–Kier alpha value is -1.18. The first kappa shape index (κ1) is 12.3. The molecule has 0 radical (unpaired) electrons. The quantitative estimate of drug-likeness (QED) is 0.827. The van der Waals surface area contributed by atoms with Crippen LogP contribution in [0, 0.1) is 5.92 Å². The van der Waals surface area contributed by atoms with E-state index in [1.807, 2.05) is 0 Å². The third-order valence-electron chi connectivity index (χ3n) is 3.45. The van der Waals surface area contributed by atoms with E-state index in [1.54, 1.807) is 0 Å². The number of ether oxygens (including phenoxy) is 1. The molecule has 2 heteroatoms. The highest BCUT2D eigenvalue weighted by Gasteiger charge is 2.13. The molecule has 1 aromatic rings. The Morgan fingerprint density at radius 3 is 2.47 bits per heavy atom. The molecule has 0 unspecified atom stereocenters. The lowest BCUT2D eigenvalue weighted by Crippen LogP contribution is -2.15. The third kappa shape index (κ3) is 3.95. The van der Waals surface area contributed by atoms with Crippen molar-refractivity contribution in [2.75, 3.05) is 18.5 Å². The van der Waals surface area contributed by atoms with E-state index in [0.29, 0.717) is 0 Å². The maximum Gasteiger partial charge on any atom is 0.119 e. The second-order valence-corrected chi connectivity index (χ2v) is 4.87. The van der Waals surface area contributed by atoms with E-state index in [1.165, 1.54) is 32.1 Å². The van der Waals surface area contributed by atoms with Crippen molar-refractivity contribution in [3.8, 4) is 5.75 Å². The summed E-state index contributed by atoms with van der Waals surface area (Å²) in [5.41, 5.74) is 1.16. The van der Waals surface area contributed by atoms with Gasteiger partial charge in [-0.3, -0.25) is 0 Å². The summed E-state index contributed by atoms with van der Waals surface area (Å²) in [5.74, 6) is 1.77. The Morgan fingerprint density at radius 1 is 1.12 bits per heavy atom. The van der Waals surface area contributed by atoms with Crippen LogP contribution < -0.4 is 10.1 Å². The van der Waals surface area contributed by atoms with E-state index in [4.69, 9.17) is 4.74 Å². The SMILES string of the molecule is CCNc1ccc(OCC2CCCCC2)cc1. The molecule has 0 spiro atoms. The average molecular weight is 233 g/mol. The molecule has 1 N–H and O–H groups in total. The lowest BCUT2D eigenvalue weighted by atomic mass is 9.90. The lowest BCUT2D eigenvalue weighted by molar-refractivity contribution is 0.209. The summed E-state index contributed by atoms with van der Waals surface area (Å²) in [6.07, 6.45) is 6.86. The topological polar surface area (TPSA) is 21.3 Å². The van der Waals surface area contributed by atoms with Crippen molar-refractivity contribution in [1.82, 2.24) is 0 Å². The molecule has 1 aliphatic rings. The van der Waals surface area contributed by atoms with E-state index in [0.717, 1.165) is 30.5 Å². The number of nitrogens with one attached hydrogen (secondary N) is 1. The Morgan fingerprint density at radius 2 is 1.82 bits per heavy atom. The molecule has 0 aliphatic heterocycles. The minimum atomic E-state index is 0.775. The van der Waals surface area contributed by atoms with Crippen molar-refractivity contribution in [1.29, 1.82) is 0 Å². The predicted molar refractivity (Wildman–Crippen MR) is 72.7 cm³/mol. The zero-order valence-corrected chi connectivity index (χ0v) is 10.7. The van der Waals surface area contributed by atoms with E-state index in [9.17, 15) is 0 Å². The Balaban J connectivity index is 1.77. The second kappa shape index (κ2) is 6.53. The fraction of sp³-hybridized carbons (Fsp3) is 0.600. The molecule has 0 amide bonds. The molecule has 17 heavy (non-hydrogen) atoms. The molecule has 0 heterocycles. The third-order valence-corrected chi connectivity index (χ3v) is 3.45. The number of benzene rings is 1. The van der Waals surface area contributed by atoms with Gasteiger partial charge in [0, 0.05) is 12.2 Å². The molecule has 0 bridgehead atoms. The van der Waals surface area contributed by atoms with Gasteiger partial charge in [-0.25, -0.2) is 0 Å². The van der Waals surface area contributed by atoms with Crippen molar-refractivity contribution < 1.29 is 4.74 Å². The number of anilines is 1. The van der Waals surface area contributed by atoms with Crippen LogP contribution in [0.15, 0.2) is 24.3 Å². The molecule has 2 rings (SSSR count). The van der Waals surface area contributed by atoms with Crippen molar-refractivity contribution in [2.24, 2.45) is 5.92 Å². The van der Waals surface area contributed by atoms with Gasteiger partial charge < -0.3 is 10.1 Å². The molecular weight excluding hydrogens is 210 g/mol. The van der Waals surface area contributed by atoms with Gasteiger partial charge in [-0.2, -0.15) is 0 Å². The van der Waals surface area contributed by atoms with Crippen molar-refractivity contribution in [3.05, 3.63) is 24.3 Å². The van der Waals surface area contributed by atoms with Crippen molar-refractivity contribution in [3.63, 3.8) is 0 Å². The highest BCUT2D eigenvalue weighted by atomic mass is 16.5. The Kier molecular flexibility index (Phi) is 4.72. The van der Waals surface area contributed by atoms with Crippen LogP contribution in [0.25, 0.3) is 0 Å². The first-order chi connectivity index (χ1) is 8.38. The van der Waals surface area contributed by atoms with Gasteiger partial charge in [0.25, 0.3) is 0 Å². The predicted octanol–water partition coefficient (Wildman–Crippen LogP) is 4.08. The van der Waals surface area contributed by atoms with Crippen LogP contribution in [0.3, 0.4) is 0 Å². The summed E-state index contributed by atoms with van der Waals surface area (Å²) in [5, 5.41) is 3.28. The summed E-state index contributed by atoms with van der Waals surface area (Å²) in [6.45, 7) is 3.95. The van der Waals surface area contributed by atoms with Gasteiger partial charge >= 0.3 is 0 Å². The average Bonchev–Trinajstić information content (AvgIpc) is 2.40. The highest BCUT2D eigenvalue weighted by Crippen LogP contribution is 2.25. The minimum Gasteiger partial charge on any atom is -0.493 e. The van der Waals surface area contributed by atoms with Crippen LogP contribution >= 0.6 is 0 Å². The highest BCUT2D eigenvalue weighted by molar-refractivity contribution is 5.46. The minimum absolute atomic E-state index is 0.775. The van der Waals surface area contributed by atoms with Gasteiger partial charge in [0.15, 0.2) is 0 Å². The summed E-state index contributed by atoms with van der Waals surface area (Å²) < 4.78 is 5.85. The molecular formula is C15H23NO. The van der Waals surface area contributed by atoms with E-state index >= 15 is 0 Å². The molecule has 0 aromatic heterocycles. The molecule has 1 aromatic carbocycles. The molecule has 1 aliphatic carbocycles. The largest absolute Gasteiger partial charge is 0.493 e. The molecule has 94 valence electrons. The molecule has 0 saturated heterocycles. The Labute approximate surface area is 104 Å². The van der Waals surface area contributed by atoms with Gasteiger partial charge in [-0.05, 0) is 49.9 Å². The molecule has 2 nitrogen and oxygen atoms in total. The smallest absolute Gasteiger partial charge is 0.119 e.